The van der Waals surface area contributed by atoms with Crippen molar-refractivity contribution in [2.45, 2.75) is 380 Å². The van der Waals surface area contributed by atoms with Crippen molar-refractivity contribution in [1.82, 2.24) is 0 Å². The van der Waals surface area contributed by atoms with Crippen LogP contribution in [0.1, 0.15) is 373 Å². The van der Waals surface area contributed by atoms with E-state index in [1.807, 2.05) is 21.1 Å². The van der Waals surface area contributed by atoms with Crippen molar-refractivity contribution in [1.29, 1.82) is 0 Å². The summed E-state index contributed by atoms with van der Waals surface area (Å²) in [6.07, 6.45) is 112. The van der Waals surface area contributed by atoms with Crippen LogP contribution in [0, 0.1) is 0 Å². The molecule has 0 aliphatic heterocycles. The van der Waals surface area contributed by atoms with Gasteiger partial charge in [-0.05, 0) is 103 Å². The highest BCUT2D eigenvalue weighted by atomic mass is 31.2. The van der Waals surface area contributed by atoms with Crippen LogP contribution in [-0.2, 0) is 32.7 Å². The van der Waals surface area contributed by atoms with Crippen molar-refractivity contribution in [3.8, 4) is 0 Å². The molecule has 0 heterocycles. The minimum Gasteiger partial charge on any atom is -0.462 e. The molecule has 0 saturated carbocycles. The molecule has 0 aromatic heterocycles. The van der Waals surface area contributed by atoms with Gasteiger partial charge in [-0.25, -0.2) is 4.57 Å². The van der Waals surface area contributed by atoms with Crippen molar-refractivity contribution in [3.63, 3.8) is 0 Å². The lowest BCUT2D eigenvalue weighted by Crippen LogP contribution is -2.37. The fourth-order valence-electron chi connectivity index (χ4n) is 11.8. The molecule has 10 heteroatoms. The summed E-state index contributed by atoms with van der Waals surface area (Å²) in [5.74, 6) is -0.782. The Hall–Kier alpha value is -3.59. The van der Waals surface area contributed by atoms with E-state index in [-0.39, 0.29) is 25.6 Å². The third-order valence-corrected chi connectivity index (χ3v) is 19.0. The van der Waals surface area contributed by atoms with Crippen molar-refractivity contribution in [2.24, 2.45) is 0 Å². The molecule has 0 amide bonds. The largest absolute Gasteiger partial charge is 0.472 e. The molecule has 0 aromatic rings. The maximum absolute atomic E-state index is 12.9. The fourth-order valence-corrected chi connectivity index (χ4v) is 12.5. The highest BCUT2D eigenvalue weighted by molar-refractivity contribution is 7.47. The van der Waals surface area contributed by atoms with E-state index < -0.39 is 26.5 Å². The summed E-state index contributed by atoms with van der Waals surface area (Å²) in [5, 5.41) is 0. The molecule has 9 nitrogen and oxygen atoms in total. The van der Waals surface area contributed by atoms with Crippen LogP contribution in [0.2, 0.25) is 0 Å². The summed E-state index contributed by atoms with van der Waals surface area (Å²) < 4.78 is 34.9. The fraction of sp³-hybridized carbons (Fsp3) is 0.750. The molecule has 98 heavy (non-hydrogen) atoms. The SMILES string of the molecule is CC/C=C\C/C=C\C/C=C\C/C=C\C/C=C\C/C=C\CCCCCCCCCCCCCCCCCCC(=O)OC(COC(=O)CCCCCCCCCCCCCCCCCCCCCCCCCCCC/C=C\C/C=C\C/C=C\C/C=C\CC)COP(=O)(O)OCC[N+](C)(C)C. The van der Waals surface area contributed by atoms with Crippen LogP contribution in [-0.4, -0.2) is 74.9 Å². The molecule has 0 aromatic carbocycles. The van der Waals surface area contributed by atoms with Gasteiger partial charge >= 0.3 is 19.8 Å². The van der Waals surface area contributed by atoms with Crippen LogP contribution in [0.4, 0.5) is 0 Å². The summed E-state index contributed by atoms with van der Waals surface area (Å²) in [4.78, 5) is 36.0. The lowest BCUT2D eigenvalue weighted by Gasteiger charge is -2.24. The molecule has 0 bridgehead atoms. The maximum atomic E-state index is 12.9. The Labute approximate surface area is 607 Å². The second-order valence-electron chi connectivity index (χ2n) is 28.7. The summed E-state index contributed by atoms with van der Waals surface area (Å²) in [6, 6.07) is 0. The first-order valence-corrected chi connectivity index (χ1v) is 42.8. The van der Waals surface area contributed by atoms with Gasteiger partial charge in [0.2, 0.25) is 0 Å². The summed E-state index contributed by atoms with van der Waals surface area (Å²) >= 11 is 0. The number of allylic oxidation sites excluding steroid dienone is 20. The van der Waals surface area contributed by atoms with Crippen molar-refractivity contribution >= 4 is 19.8 Å². The second-order valence-corrected chi connectivity index (χ2v) is 30.2. The molecule has 566 valence electrons. The molecule has 2 unspecified atom stereocenters. The van der Waals surface area contributed by atoms with Gasteiger partial charge in [0.05, 0.1) is 27.7 Å². The molecular weight excluding hydrogens is 1230 g/mol. The van der Waals surface area contributed by atoms with Crippen molar-refractivity contribution < 1.29 is 42.1 Å². The minimum absolute atomic E-state index is 0.0305. The Balaban J connectivity index is 3.92. The number of unbranched alkanes of at least 4 members (excludes halogenated alkanes) is 42. The van der Waals surface area contributed by atoms with Crippen LogP contribution in [0.3, 0.4) is 0 Å². The smallest absolute Gasteiger partial charge is 0.462 e. The molecule has 1 N–H and O–H groups in total. The average molecular weight is 1390 g/mol. The number of hydrogen-bond acceptors (Lipinski definition) is 7. The Morgan fingerprint density at radius 2 is 0.551 bits per heavy atom. The lowest BCUT2D eigenvalue weighted by atomic mass is 10.0. The quantitative estimate of drug-likeness (QED) is 0.0211. The molecule has 0 aliphatic carbocycles. The first-order valence-electron chi connectivity index (χ1n) is 41.3. The van der Waals surface area contributed by atoms with Crippen LogP contribution >= 0.6 is 7.82 Å². The Bertz CT molecular complexity index is 2070. The number of phosphoric ester groups is 1. The van der Waals surface area contributed by atoms with Gasteiger partial charge in [0, 0.05) is 12.8 Å². The zero-order valence-electron chi connectivity index (χ0n) is 64.8. The van der Waals surface area contributed by atoms with E-state index in [4.69, 9.17) is 18.5 Å². The third kappa shape index (κ3) is 81.4. The number of likely N-dealkylation sites (N-methyl/N-ethyl adjacent to an activating group) is 1. The van der Waals surface area contributed by atoms with Gasteiger partial charge in [0.15, 0.2) is 6.10 Å². The first kappa shape index (κ1) is 94.4. The Morgan fingerprint density at radius 1 is 0.316 bits per heavy atom. The van der Waals surface area contributed by atoms with Crippen LogP contribution < -0.4 is 0 Å². The van der Waals surface area contributed by atoms with E-state index in [9.17, 15) is 19.0 Å². The van der Waals surface area contributed by atoms with E-state index in [0.717, 1.165) is 96.3 Å². The predicted molar refractivity (Wildman–Crippen MR) is 427 cm³/mol. The normalized spacial score (nSPS) is 13.7. The molecule has 0 saturated heterocycles. The van der Waals surface area contributed by atoms with E-state index in [2.05, 4.69) is 135 Å². The molecule has 0 spiro atoms. The number of esters is 2. The van der Waals surface area contributed by atoms with Crippen molar-refractivity contribution in [2.75, 3.05) is 47.5 Å². The topological polar surface area (TPSA) is 108 Å². The molecule has 0 rings (SSSR count). The molecule has 2 atom stereocenters. The van der Waals surface area contributed by atoms with E-state index in [1.165, 1.54) is 244 Å². The van der Waals surface area contributed by atoms with E-state index >= 15 is 0 Å². The highest BCUT2D eigenvalue weighted by Crippen LogP contribution is 2.43. The van der Waals surface area contributed by atoms with Crippen molar-refractivity contribution in [3.05, 3.63) is 122 Å². The van der Waals surface area contributed by atoms with Gasteiger partial charge in [-0.15, -0.1) is 0 Å². The minimum atomic E-state index is -4.40. The number of nitrogens with zero attached hydrogens (tertiary/aromatic N) is 1. The number of hydrogen-bond donors (Lipinski definition) is 1. The zero-order chi connectivity index (χ0) is 71.1. The third-order valence-electron chi connectivity index (χ3n) is 18.0. The predicted octanol–water partition coefficient (Wildman–Crippen LogP) is 27.7. The maximum Gasteiger partial charge on any atom is 0.472 e. The summed E-state index contributed by atoms with van der Waals surface area (Å²) in [7, 11) is 1.49. The second kappa shape index (κ2) is 77.6. The summed E-state index contributed by atoms with van der Waals surface area (Å²) in [5.41, 5.74) is 0. The number of carbonyl (C=O) groups is 2. The Morgan fingerprint density at radius 3 is 0.816 bits per heavy atom. The van der Waals surface area contributed by atoms with E-state index in [1.54, 1.807) is 0 Å². The number of ether oxygens (including phenoxy) is 2. The highest BCUT2D eigenvalue weighted by Gasteiger charge is 2.27. The van der Waals surface area contributed by atoms with Crippen LogP contribution in [0.5, 0.6) is 0 Å². The van der Waals surface area contributed by atoms with Gasteiger partial charge in [0.1, 0.15) is 19.8 Å². The molecule has 0 fully saturated rings. The van der Waals surface area contributed by atoms with Gasteiger partial charge in [-0.1, -0.05) is 379 Å². The molecular formula is C88H157NO8P+. The lowest BCUT2D eigenvalue weighted by molar-refractivity contribution is -0.870. The van der Waals surface area contributed by atoms with Gasteiger partial charge in [-0.2, -0.15) is 0 Å². The zero-order valence-corrected chi connectivity index (χ0v) is 65.6. The summed E-state index contributed by atoms with van der Waals surface area (Å²) in [6.45, 7) is 4.25. The van der Waals surface area contributed by atoms with Crippen LogP contribution in [0.25, 0.3) is 0 Å². The Kier molecular flexibility index (Phi) is 74.7. The van der Waals surface area contributed by atoms with Gasteiger partial charge < -0.3 is 18.9 Å². The molecule has 0 aliphatic rings. The number of phosphoric acid groups is 1. The standard InChI is InChI=1S/C88H156NO8P/c1-6-8-10-12-14-16-18-20-22-24-26-28-30-32-34-36-38-40-42-43-44-45-47-48-50-52-54-56-58-60-62-64-66-68-70-72-74-76-78-80-87(90)94-84-86(85-96-98(92,93)95-83-82-89(3,4)5)97-88(91)81-79-77-75-73-71-69-67-65-63-61-59-57-55-53-51-49-46-41-39-37-35-33-31-29-27-25-23-21-19-17-15-13-11-9-7-2/h8-11,14-17,20-23,26-29,33,35,39,41,86H,6-7,12-13,18-19,24-25,30-32,34,36-38,40,42-85H2,1-5H3/p+1/b10-8-,11-9-,16-14-,17-15-,22-20-,23-21-,28-26-,29-27-,35-33-,41-39-. The van der Waals surface area contributed by atoms with Crippen LogP contribution in [0.15, 0.2) is 122 Å². The monoisotopic (exact) mass is 1390 g/mol. The van der Waals surface area contributed by atoms with E-state index in [0.29, 0.717) is 23.9 Å². The van der Waals surface area contributed by atoms with Gasteiger partial charge in [0.25, 0.3) is 0 Å². The number of carbonyl (C=O) groups excluding carboxylic acids is 2. The number of quaternary nitrogens is 1. The molecule has 0 radical (unpaired) electrons. The number of rotatable bonds is 76. The van der Waals surface area contributed by atoms with Gasteiger partial charge in [-0.3, -0.25) is 18.6 Å². The first-order chi connectivity index (χ1) is 48.0. The average Bonchev–Trinajstić information content (AvgIpc) is 1.08.